The monoisotopic (exact) mass is 335 g/mol. The molecule has 0 aromatic heterocycles. The largest absolute Gasteiger partial charge is 0.379 e. The van der Waals surface area contributed by atoms with Gasteiger partial charge in [0.1, 0.15) is 0 Å². The average Bonchev–Trinajstić information content (AvgIpc) is 2.62. The van der Waals surface area contributed by atoms with E-state index in [0.29, 0.717) is 32.3 Å². The van der Waals surface area contributed by atoms with E-state index in [0.717, 1.165) is 13.0 Å². The minimum absolute atomic E-state index is 0.585. The van der Waals surface area contributed by atoms with Crippen molar-refractivity contribution >= 4 is 0 Å². The molecule has 24 heavy (non-hydrogen) atoms. The van der Waals surface area contributed by atoms with Crippen molar-refractivity contribution in [2.45, 2.75) is 64.7 Å². The minimum Gasteiger partial charge on any atom is -0.379 e. The van der Waals surface area contributed by atoms with E-state index >= 15 is 0 Å². The smallest absolute Gasteiger partial charge is 0.0701 e. The molecule has 0 saturated carbocycles. The topological polar surface area (TPSA) is 44.5 Å². The molecule has 1 aromatic rings. The summed E-state index contributed by atoms with van der Waals surface area (Å²) in [5, 5.41) is 0. The summed E-state index contributed by atoms with van der Waals surface area (Å²) in [4.78, 5) is 0. The van der Waals surface area contributed by atoms with Crippen molar-refractivity contribution in [3.8, 4) is 0 Å². The normalized spacial score (nSPS) is 12.5. The molecule has 0 aliphatic heterocycles. The van der Waals surface area contributed by atoms with Gasteiger partial charge < -0.3 is 15.2 Å². The maximum Gasteiger partial charge on any atom is 0.0701 e. The lowest BCUT2D eigenvalue weighted by molar-refractivity contribution is 0.0492. The first-order valence-electron chi connectivity index (χ1n) is 9.72. The van der Waals surface area contributed by atoms with Gasteiger partial charge in [0.05, 0.1) is 19.8 Å². The van der Waals surface area contributed by atoms with Gasteiger partial charge in [-0.2, -0.15) is 0 Å². The highest BCUT2D eigenvalue weighted by molar-refractivity contribution is 5.25. The van der Waals surface area contributed by atoms with Crippen molar-refractivity contribution in [3.05, 3.63) is 35.4 Å². The number of aryl methyl sites for hydroxylation is 1. The van der Waals surface area contributed by atoms with Crippen LogP contribution in [0.3, 0.4) is 0 Å². The van der Waals surface area contributed by atoms with Gasteiger partial charge in [-0.1, -0.05) is 57.4 Å². The number of nitrogens with two attached hydrogens (primary N) is 1. The zero-order valence-electron chi connectivity index (χ0n) is 15.8. The Morgan fingerprint density at radius 2 is 1.46 bits per heavy atom. The molecule has 0 heterocycles. The first-order chi connectivity index (χ1) is 11.8. The molecule has 1 atom stereocenters. The standard InChI is InChI=1S/C21H37NO2/c1-3-19(2)21-12-10-20(11-13-21)9-7-5-4-6-8-15-23-17-18-24-16-14-22/h10-13,19H,3-9,14-18,22H2,1-2H3. The molecular formula is C21H37NO2. The summed E-state index contributed by atoms with van der Waals surface area (Å²) in [6.07, 6.45) is 8.73. The molecule has 0 radical (unpaired) electrons. The first-order valence-corrected chi connectivity index (χ1v) is 9.72. The molecule has 1 aromatic carbocycles. The summed E-state index contributed by atoms with van der Waals surface area (Å²) in [5.74, 6) is 0.675. The van der Waals surface area contributed by atoms with E-state index in [1.807, 2.05) is 0 Å². The summed E-state index contributed by atoms with van der Waals surface area (Å²) < 4.78 is 10.8. The number of hydrogen-bond acceptors (Lipinski definition) is 3. The van der Waals surface area contributed by atoms with Gasteiger partial charge in [-0.25, -0.2) is 0 Å². The van der Waals surface area contributed by atoms with E-state index < -0.39 is 0 Å². The SMILES string of the molecule is CCC(C)c1ccc(CCCCCCCOCCOCCN)cc1. The lowest BCUT2D eigenvalue weighted by atomic mass is 9.96. The molecule has 138 valence electrons. The lowest BCUT2D eigenvalue weighted by Crippen LogP contribution is -2.12. The van der Waals surface area contributed by atoms with Crippen LogP contribution in [0.5, 0.6) is 0 Å². The van der Waals surface area contributed by atoms with Crippen LogP contribution in [-0.2, 0) is 15.9 Å². The zero-order chi connectivity index (χ0) is 17.5. The van der Waals surface area contributed by atoms with Gasteiger partial charge in [0.2, 0.25) is 0 Å². The Labute approximate surface area is 148 Å². The summed E-state index contributed by atoms with van der Waals surface area (Å²) in [6, 6.07) is 9.22. The van der Waals surface area contributed by atoms with Crippen LogP contribution in [0.1, 0.15) is 69.4 Å². The van der Waals surface area contributed by atoms with E-state index in [-0.39, 0.29) is 0 Å². The van der Waals surface area contributed by atoms with Crippen molar-refractivity contribution in [3.63, 3.8) is 0 Å². The average molecular weight is 336 g/mol. The van der Waals surface area contributed by atoms with E-state index in [4.69, 9.17) is 15.2 Å². The van der Waals surface area contributed by atoms with Gasteiger partial charge in [0, 0.05) is 13.2 Å². The summed E-state index contributed by atoms with van der Waals surface area (Å²) in [7, 11) is 0. The van der Waals surface area contributed by atoms with Crippen LogP contribution in [0.2, 0.25) is 0 Å². The molecule has 0 bridgehead atoms. The van der Waals surface area contributed by atoms with Gasteiger partial charge in [0.25, 0.3) is 0 Å². The van der Waals surface area contributed by atoms with Gasteiger partial charge in [-0.05, 0) is 42.7 Å². The third kappa shape index (κ3) is 10.1. The molecule has 1 rings (SSSR count). The molecule has 3 heteroatoms. The van der Waals surface area contributed by atoms with Crippen LogP contribution in [0, 0.1) is 0 Å². The predicted octanol–water partition coefficient (Wildman–Crippen LogP) is 4.69. The number of rotatable bonds is 15. The number of unbranched alkanes of at least 4 members (excludes halogenated alkanes) is 4. The van der Waals surface area contributed by atoms with Crippen molar-refractivity contribution in [1.82, 2.24) is 0 Å². The van der Waals surface area contributed by atoms with Crippen LogP contribution in [-0.4, -0.2) is 33.0 Å². The summed E-state index contributed by atoms with van der Waals surface area (Å²) in [6.45, 7) is 7.96. The van der Waals surface area contributed by atoms with E-state index in [9.17, 15) is 0 Å². The maximum atomic E-state index is 5.53. The Morgan fingerprint density at radius 1 is 0.833 bits per heavy atom. The maximum absolute atomic E-state index is 5.53. The number of benzene rings is 1. The molecule has 0 amide bonds. The highest BCUT2D eigenvalue weighted by atomic mass is 16.5. The second-order valence-electron chi connectivity index (χ2n) is 6.58. The van der Waals surface area contributed by atoms with Crippen LogP contribution in [0.15, 0.2) is 24.3 Å². The third-order valence-electron chi connectivity index (χ3n) is 4.55. The van der Waals surface area contributed by atoms with Gasteiger partial charge in [-0.15, -0.1) is 0 Å². The first kappa shape index (κ1) is 21.1. The Bertz CT molecular complexity index is 391. The fourth-order valence-corrected chi connectivity index (χ4v) is 2.72. The minimum atomic E-state index is 0.585. The Morgan fingerprint density at radius 3 is 2.12 bits per heavy atom. The van der Waals surface area contributed by atoms with Crippen LogP contribution in [0.4, 0.5) is 0 Å². The highest BCUT2D eigenvalue weighted by Gasteiger charge is 2.02. The Kier molecular flexibility index (Phi) is 12.7. The molecule has 0 aliphatic carbocycles. The zero-order valence-corrected chi connectivity index (χ0v) is 15.8. The van der Waals surface area contributed by atoms with Gasteiger partial charge in [0.15, 0.2) is 0 Å². The van der Waals surface area contributed by atoms with E-state index in [1.165, 1.54) is 49.7 Å². The van der Waals surface area contributed by atoms with E-state index in [1.54, 1.807) is 0 Å². The highest BCUT2D eigenvalue weighted by Crippen LogP contribution is 2.19. The van der Waals surface area contributed by atoms with Gasteiger partial charge >= 0.3 is 0 Å². The summed E-state index contributed by atoms with van der Waals surface area (Å²) >= 11 is 0. The van der Waals surface area contributed by atoms with Crippen molar-refractivity contribution in [2.75, 3.05) is 33.0 Å². The van der Waals surface area contributed by atoms with Crippen molar-refractivity contribution in [2.24, 2.45) is 5.73 Å². The number of hydrogen-bond donors (Lipinski definition) is 1. The summed E-state index contributed by atoms with van der Waals surface area (Å²) in [5.41, 5.74) is 8.29. The fraction of sp³-hybridized carbons (Fsp3) is 0.714. The molecular weight excluding hydrogens is 298 g/mol. The van der Waals surface area contributed by atoms with E-state index in [2.05, 4.69) is 38.1 Å². The second-order valence-corrected chi connectivity index (χ2v) is 6.58. The Balaban J connectivity index is 1.93. The molecule has 0 saturated heterocycles. The Hall–Kier alpha value is -0.900. The quantitative estimate of drug-likeness (QED) is 0.473. The van der Waals surface area contributed by atoms with Crippen LogP contribution >= 0.6 is 0 Å². The molecule has 2 N–H and O–H groups in total. The van der Waals surface area contributed by atoms with Crippen molar-refractivity contribution in [1.29, 1.82) is 0 Å². The predicted molar refractivity (Wildman–Crippen MR) is 103 cm³/mol. The lowest BCUT2D eigenvalue weighted by Gasteiger charge is -2.09. The number of ether oxygens (including phenoxy) is 2. The molecule has 3 nitrogen and oxygen atoms in total. The molecule has 0 spiro atoms. The molecule has 0 fully saturated rings. The third-order valence-corrected chi connectivity index (χ3v) is 4.55. The van der Waals surface area contributed by atoms with Crippen molar-refractivity contribution < 1.29 is 9.47 Å². The molecule has 0 aliphatic rings. The van der Waals surface area contributed by atoms with Crippen LogP contribution in [0.25, 0.3) is 0 Å². The second kappa shape index (κ2) is 14.4. The van der Waals surface area contributed by atoms with Crippen LogP contribution < -0.4 is 5.73 Å². The van der Waals surface area contributed by atoms with Gasteiger partial charge in [-0.3, -0.25) is 0 Å². The fourth-order valence-electron chi connectivity index (χ4n) is 2.72. The molecule has 1 unspecified atom stereocenters.